The van der Waals surface area contributed by atoms with Crippen LogP contribution in [0.2, 0.25) is 10.0 Å². The summed E-state index contributed by atoms with van der Waals surface area (Å²) in [6.07, 6.45) is 4.63. The average molecular weight is 553 g/mol. The molecule has 7 nitrogen and oxygen atoms in total. The van der Waals surface area contributed by atoms with Gasteiger partial charge in [0.2, 0.25) is 15.9 Å². The van der Waals surface area contributed by atoms with Crippen LogP contribution in [0.15, 0.2) is 47.4 Å². The highest BCUT2D eigenvalue weighted by atomic mass is 35.5. The number of carbonyl (C=O) groups excluding carboxylic acids is 2. The molecule has 10 heteroatoms. The Labute approximate surface area is 222 Å². The maximum absolute atomic E-state index is 13.3. The van der Waals surface area contributed by atoms with Gasteiger partial charge in [-0.2, -0.15) is 4.31 Å². The maximum Gasteiger partial charge on any atom is 0.251 e. The maximum atomic E-state index is 13.3. The van der Waals surface area contributed by atoms with Crippen molar-refractivity contribution in [1.29, 1.82) is 0 Å². The summed E-state index contributed by atoms with van der Waals surface area (Å²) in [6.45, 7) is 2.28. The van der Waals surface area contributed by atoms with E-state index in [9.17, 15) is 18.0 Å². The van der Waals surface area contributed by atoms with Crippen molar-refractivity contribution in [1.82, 2.24) is 14.9 Å². The van der Waals surface area contributed by atoms with E-state index in [4.69, 9.17) is 23.2 Å². The number of halogens is 2. The molecular formula is C26H31Cl2N3O4S. The van der Waals surface area contributed by atoms with Gasteiger partial charge in [-0.3, -0.25) is 9.59 Å². The van der Waals surface area contributed by atoms with Gasteiger partial charge in [0, 0.05) is 35.8 Å². The van der Waals surface area contributed by atoms with Gasteiger partial charge in [-0.15, -0.1) is 0 Å². The summed E-state index contributed by atoms with van der Waals surface area (Å²) in [7, 11) is -3.90. The molecule has 2 aromatic rings. The van der Waals surface area contributed by atoms with Gasteiger partial charge >= 0.3 is 0 Å². The molecule has 0 aromatic heterocycles. The zero-order chi connectivity index (χ0) is 25.9. The number of hydrogen-bond donors (Lipinski definition) is 2. The monoisotopic (exact) mass is 551 g/mol. The second-order valence-corrected chi connectivity index (χ2v) is 12.3. The molecule has 0 unspecified atom stereocenters. The van der Waals surface area contributed by atoms with E-state index in [0.717, 1.165) is 31.2 Å². The van der Waals surface area contributed by atoms with Crippen molar-refractivity contribution in [2.24, 2.45) is 5.92 Å². The molecule has 2 aliphatic rings. The highest BCUT2D eigenvalue weighted by molar-refractivity contribution is 7.89. The molecule has 3 atom stereocenters. The standard InChI is InChI=1S/C26H31Cl2N3O4S/c1-17-7-2-3-9-20(17)26(33)30-23-11-5-4-10-22(23)29-25(32)18-8-6-14-31(16-18)36(34,35)24-15-19(27)12-13-21(24)28/h2-3,7,9,12-13,15,18,22-23H,4-6,8,10-11,14,16H2,1H3,(H,29,32)(H,30,33)/t18-,22-,23-/m1/s1. The number of sulfonamides is 1. The quantitative estimate of drug-likeness (QED) is 0.550. The molecule has 1 saturated heterocycles. The normalized spacial score (nSPS) is 23.1. The Kier molecular flexibility index (Phi) is 8.60. The molecule has 2 fully saturated rings. The molecule has 1 heterocycles. The third-order valence-corrected chi connectivity index (χ3v) is 9.65. The van der Waals surface area contributed by atoms with Gasteiger partial charge < -0.3 is 10.6 Å². The Bertz CT molecular complexity index is 1240. The molecule has 0 bridgehead atoms. The van der Waals surface area contributed by atoms with Crippen LogP contribution in [0.4, 0.5) is 0 Å². The van der Waals surface area contributed by atoms with E-state index in [0.29, 0.717) is 24.9 Å². The molecule has 0 radical (unpaired) electrons. The van der Waals surface area contributed by atoms with E-state index in [1.165, 1.54) is 22.5 Å². The molecule has 194 valence electrons. The smallest absolute Gasteiger partial charge is 0.251 e. The fourth-order valence-electron chi connectivity index (χ4n) is 5.04. The Hall–Kier alpha value is -2.13. The topological polar surface area (TPSA) is 95.6 Å². The third kappa shape index (κ3) is 6.05. The molecule has 1 aliphatic heterocycles. The molecule has 36 heavy (non-hydrogen) atoms. The lowest BCUT2D eigenvalue weighted by Gasteiger charge is -2.36. The highest BCUT2D eigenvalue weighted by Gasteiger charge is 2.36. The van der Waals surface area contributed by atoms with Crippen LogP contribution in [0.3, 0.4) is 0 Å². The van der Waals surface area contributed by atoms with Gasteiger partial charge in [-0.05, 0) is 62.4 Å². The van der Waals surface area contributed by atoms with Gasteiger partial charge in [0.15, 0.2) is 0 Å². The average Bonchev–Trinajstić information content (AvgIpc) is 2.87. The number of amides is 2. The fourth-order valence-corrected chi connectivity index (χ4v) is 7.30. The zero-order valence-electron chi connectivity index (χ0n) is 20.2. The predicted octanol–water partition coefficient (Wildman–Crippen LogP) is 4.56. The number of aryl methyl sites for hydroxylation is 1. The third-order valence-electron chi connectivity index (χ3n) is 7.07. The summed E-state index contributed by atoms with van der Waals surface area (Å²) < 4.78 is 27.8. The van der Waals surface area contributed by atoms with Crippen molar-refractivity contribution in [3.8, 4) is 0 Å². The SMILES string of the molecule is Cc1ccccc1C(=O)N[C@@H]1CCCC[C@H]1NC(=O)[C@@H]1CCCN(S(=O)(=O)c2cc(Cl)ccc2Cl)C1. The van der Waals surface area contributed by atoms with Crippen LogP contribution in [-0.4, -0.2) is 49.7 Å². The van der Waals surface area contributed by atoms with Crippen LogP contribution in [0.1, 0.15) is 54.4 Å². The lowest BCUT2D eigenvalue weighted by atomic mass is 9.89. The first kappa shape index (κ1) is 26.9. The van der Waals surface area contributed by atoms with Crippen LogP contribution in [-0.2, 0) is 14.8 Å². The van der Waals surface area contributed by atoms with Crippen LogP contribution in [0, 0.1) is 12.8 Å². The minimum atomic E-state index is -3.90. The molecule has 2 N–H and O–H groups in total. The largest absolute Gasteiger partial charge is 0.351 e. The molecular weight excluding hydrogens is 521 g/mol. The Morgan fingerprint density at radius 1 is 0.944 bits per heavy atom. The van der Waals surface area contributed by atoms with Crippen molar-refractivity contribution in [2.45, 2.75) is 62.4 Å². The van der Waals surface area contributed by atoms with Gasteiger partial charge in [0.25, 0.3) is 5.91 Å². The van der Waals surface area contributed by atoms with Gasteiger partial charge in [-0.1, -0.05) is 54.2 Å². The Morgan fingerprint density at radius 2 is 1.64 bits per heavy atom. The van der Waals surface area contributed by atoms with E-state index in [-0.39, 0.29) is 45.4 Å². The molecule has 1 saturated carbocycles. The van der Waals surface area contributed by atoms with Crippen molar-refractivity contribution >= 4 is 45.0 Å². The fraction of sp³-hybridized carbons (Fsp3) is 0.462. The highest BCUT2D eigenvalue weighted by Crippen LogP contribution is 2.31. The lowest BCUT2D eigenvalue weighted by Crippen LogP contribution is -2.55. The molecule has 1 aliphatic carbocycles. The summed E-state index contributed by atoms with van der Waals surface area (Å²) in [5, 5.41) is 6.61. The second-order valence-electron chi connectivity index (χ2n) is 9.57. The lowest BCUT2D eigenvalue weighted by molar-refractivity contribution is -0.127. The van der Waals surface area contributed by atoms with E-state index in [1.807, 2.05) is 25.1 Å². The predicted molar refractivity (Wildman–Crippen MR) is 141 cm³/mol. The summed E-state index contributed by atoms with van der Waals surface area (Å²) in [5.41, 5.74) is 1.52. The number of rotatable bonds is 6. The number of piperidine rings is 1. The van der Waals surface area contributed by atoms with Gasteiger partial charge in [-0.25, -0.2) is 8.42 Å². The van der Waals surface area contributed by atoms with Crippen molar-refractivity contribution in [2.75, 3.05) is 13.1 Å². The first-order valence-electron chi connectivity index (χ1n) is 12.3. The van der Waals surface area contributed by atoms with Crippen LogP contribution in [0.5, 0.6) is 0 Å². The number of carbonyl (C=O) groups is 2. The summed E-state index contributed by atoms with van der Waals surface area (Å²) in [5.74, 6) is -0.817. The van der Waals surface area contributed by atoms with Gasteiger partial charge in [0.1, 0.15) is 4.90 Å². The van der Waals surface area contributed by atoms with E-state index in [1.54, 1.807) is 6.07 Å². The first-order chi connectivity index (χ1) is 17.2. The number of nitrogens with one attached hydrogen (secondary N) is 2. The van der Waals surface area contributed by atoms with Crippen molar-refractivity contribution in [3.05, 3.63) is 63.6 Å². The van der Waals surface area contributed by atoms with Crippen LogP contribution in [0.25, 0.3) is 0 Å². The minimum absolute atomic E-state index is 0.0519. The van der Waals surface area contributed by atoms with Crippen molar-refractivity contribution < 1.29 is 18.0 Å². The van der Waals surface area contributed by atoms with E-state index >= 15 is 0 Å². The van der Waals surface area contributed by atoms with E-state index in [2.05, 4.69) is 10.6 Å². The zero-order valence-corrected chi connectivity index (χ0v) is 22.5. The minimum Gasteiger partial charge on any atom is -0.351 e. The van der Waals surface area contributed by atoms with E-state index < -0.39 is 15.9 Å². The van der Waals surface area contributed by atoms with Gasteiger partial charge in [0.05, 0.1) is 10.9 Å². The first-order valence-corrected chi connectivity index (χ1v) is 14.5. The number of benzene rings is 2. The van der Waals surface area contributed by atoms with Crippen molar-refractivity contribution in [3.63, 3.8) is 0 Å². The molecule has 4 rings (SSSR count). The summed E-state index contributed by atoms with van der Waals surface area (Å²) in [4.78, 5) is 26.1. The summed E-state index contributed by atoms with van der Waals surface area (Å²) in [6, 6.07) is 11.4. The molecule has 2 aromatic carbocycles. The second kappa shape index (κ2) is 11.5. The number of hydrogen-bond acceptors (Lipinski definition) is 4. The molecule has 0 spiro atoms. The van der Waals surface area contributed by atoms with Crippen LogP contribution < -0.4 is 10.6 Å². The van der Waals surface area contributed by atoms with Crippen LogP contribution >= 0.6 is 23.2 Å². The Morgan fingerprint density at radius 3 is 2.36 bits per heavy atom. The summed E-state index contributed by atoms with van der Waals surface area (Å²) >= 11 is 12.2. The molecule has 2 amide bonds. The number of nitrogens with zero attached hydrogens (tertiary/aromatic N) is 1. The Balaban J connectivity index is 1.43.